The van der Waals surface area contributed by atoms with Gasteiger partial charge in [0.2, 0.25) is 11.8 Å². The maximum absolute atomic E-state index is 11.7. The van der Waals surface area contributed by atoms with Gasteiger partial charge in [0, 0.05) is 11.0 Å². The van der Waals surface area contributed by atoms with Crippen LogP contribution in [0.1, 0.15) is 20.3 Å². The molecule has 0 unspecified atom stereocenters. The molecular formula is C15H18BrN3O2S. The average molecular weight is 384 g/mol. The first-order chi connectivity index (χ1) is 10.6. The number of benzene rings is 1. The molecule has 0 bridgehead atoms. The zero-order valence-electron chi connectivity index (χ0n) is 12.5. The summed E-state index contributed by atoms with van der Waals surface area (Å²) in [6.07, 6.45) is 0.975. The summed E-state index contributed by atoms with van der Waals surface area (Å²) < 4.78 is 6.46. The number of hydrogen-bond donors (Lipinski definition) is 1. The summed E-state index contributed by atoms with van der Waals surface area (Å²) in [6.45, 7) is 4.95. The number of hydrogen-bond acceptors (Lipinski definition) is 5. The van der Waals surface area contributed by atoms with Gasteiger partial charge in [-0.1, -0.05) is 37.7 Å². The van der Waals surface area contributed by atoms with E-state index in [0.29, 0.717) is 23.6 Å². The summed E-state index contributed by atoms with van der Waals surface area (Å²) >= 11 is 4.69. The van der Waals surface area contributed by atoms with Crippen LogP contribution in [0.5, 0.6) is 0 Å². The molecular weight excluding hydrogens is 366 g/mol. The molecule has 0 radical (unpaired) electrons. The zero-order chi connectivity index (χ0) is 15.9. The minimum absolute atomic E-state index is 0.0220. The molecule has 7 heteroatoms. The number of carbonyl (C=O) groups excluding carboxylic acids is 1. The maximum Gasteiger partial charge on any atom is 0.277 e. The molecule has 0 aliphatic carbocycles. The molecule has 0 saturated carbocycles. The highest BCUT2D eigenvalue weighted by atomic mass is 79.9. The van der Waals surface area contributed by atoms with E-state index in [1.165, 1.54) is 11.8 Å². The lowest BCUT2D eigenvalue weighted by molar-refractivity contribution is -0.118. The minimum Gasteiger partial charge on any atom is -0.411 e. The van der Waals surface area contributed by atoms with E-state index in [4.69, 9.17) is 4.42 Å². The van der Waals surface area contributed by atoms with E-state index in [2.05, 4.69) is 45.3 Å². The average Bonchev–Trinajstić information content (AvgIpc) is 2.94. The van der Waals surface area contributed by atoms with Gasteiger partial charge in [0.15, 0.2) is 0 Å². The fraction of sp³-hybridized carbons (Fsp3) is 0.400. The Bertz CT molecular complexity index is 631. The van der Waals surface area contributed by atoms with E-state index in [0.717, 1.165) is 16.5 Å². The highest BCUT2D eigenvalue weighted by Crippen LogP contribution is 2.28. The Morgan fingerprint density at radius 2 is 2.14 bits per heavy atom. The molecule has 1 amide bonds. The van der Waals surface area contributed by atoms with Crippen molar-refractivity contribution in [3.63, 3.8) is 0 Å². The third-order valence-electron chi connectivity index (χ3n) is 2.88. The molecule has 2 aromatic rings. The molecule has 0 fully saturated rings. The van der Waals surface area contributed by atoms with E-state index in [9.17, 15) is 4.79 Å². The number of thioether (sulfide) groups is 1. The normalized spacial score (nSPS) is 10.9. The standard InChI is InChI=1S/C15H18BrN3O2S/c1-10(2)7-8-17-13(20)9-22-15-19-18-14(21-15)11-5-3-4-6-12(11)16/h3-6,10H,7-9H2,1-2H3,(H,17,20). The van der Waals surface area contributed by atoms with Crippen LogP contribution in [0, 0.1) is 5.92 Å². The lowest BCUT2D eigenvalue weighted by Gasteiger charge is -2.05. The van der Waals surface area contributed by atoms with Crippen molar-refractivity contribution in [3.8, 4) is 11.5 Å². The van der Waals surface area contributed by atoms with E-state index in [1.807, 2.05) is 24.3 Å². The minimum atomic E-state index is -0.0220. The lowest BCUT2D eigenvalue weighted by Crippen LogP contribution is -2.26. The second-order valence-electron chi connectivity index (χ2n) is 5.17. The summed E-state index contributed by atoms with van der Waals surface area (Å²) in [5, 5.41) is 11.2. The number of aromatic nitrogens is 2. The molecule has 0 aliphatic heterocycles. The fourth-order valence-corrected chi connectivity index (χ4v) is 2.74. The summed E-state index contributed by atoms with van der Waals surface area (Å²) in [7, 11) is 0. The third-order valence-corrected chi connectivity index (χ3v) is 4.39. The highest BCUT2D eigenvalue weighted by Gasteiger charge is 2.12. The second kappa shape index (κ2) is 8.33. The first-order valence-electron chi connectivity index (χ1n) is 7.04. The molecule has 1 aromatic carbocycles. The van der Waals surface area contributed by atoms with E-state index in [1.54, 1.807) is 0 Å². The van der Waals surface area contributed by atoms with Gasteiger partial charge in [0.25, 0.3) is 5.22 Å². The second-order valence-corrected chi connectivity index (χ2v) is 6.96. The molecule has 2 rings (SSSR count). The topological polar surface area (TPSA) is 68.0 Å². The summed E-state index contributed by atoms with van der Waals surface area (Å²) in [5.74, 6) is 1.27. The van der Waals surface area contributed by atoms with Gasteiger partial charge in [0.05, 0.1) is 11.3 Å². The van der Waals surface area contributed by atoms with Crippen LogP contribution in [-0.4, -0.2) is 28.4 Å². The van der Waals surface area contributed by atoms with E-state index >= 15 is 0 Å². The van der Waals surface area contributed by atoms with Gasteiger partial charge >= 0.3 is 0 Å². The molecule has 118 valence electrons. The van der Waals surface area contributed by atoms with Crippen LogP contribution >= 0.6 is 27.7 Å². The monoisotopic (exact) mass is 383 g/mol. The van der Waals surface area contributed by atoms with Crippen molar-refractivity contribution in [1.29, 1.82) is 0 Å². The predicted octanol–water partition coefficient (Wildman–Crippen LogP) is 3.75. The maximum atomic E-state index is 11.7. The number of nitrogens with zero attached hydrogens (tertiary/aromatic N) is 2. The number of amides is 1. The lowest BCUT2D eigenvalue weighted by atomic mass is 10.1. The van der Waals surface area contributed by atoms with E-state index in [-0.39, 0.29) is 11.7 Å². The van der Waals surface area contributed by atoms with Crippen LogP contribution in [0.4, 0.5) is 0 Å². The van der Waals surface area contributed by atoms with Crippen LogP contribution < -0.4 is 5.32 Å². The smallest absolute Gasteiger partial charge is 0.277 e. The Kier molecular flexibility index (Phi) is 6.45. The summed E-state index contributed by atoms with van der Waals surface area (Å²) in [5.41, 5.74) is 0.836. The Labute approximate surface area is 142 Å². The SMILES string of the molecule is CC(C)CCNC(=O)CSc1nnc(-c2ccccc2Br)o1. The largest absolute Gasteiger partial charge is 0.411 e. The Balaban J connectivity index is 1.85. The molecule has 0 atom stereocenters. The van der Waals surface area contributed by atoms with Crippen LogP contribution in [0.3, 0.4) is 0 Å². The quantitative estimate of drug-likeness (QED) is 0.737. The van der Waals surface area contributed by atoms with E-state index < -0.39 is 0 Å². The molecule has 1 heterocycles. The predicted molar refractivity (Wildman–Crippen MR) is 90.6 cm³/mol. The van der Waals surface area contributed by atoms with Crippen LogP contribution in [0.25, 0.3) is 11.5 Å². The molecule has 1 aromatic heterocycles. The molecule has 1 N–H and O–H groups in total. The zero-order valence-corrected chi connectivity index (χ0v) is 14.9. The van der Waals surface area contributed by atoms with Crippen molar-refractivity contribution in [1.82, 2.24) is 15.5 Å². The molecule has 0 aliphatic rings. The Morgan fingerprint density at radius 1 is 1.36 bits per heavy atom. The number of nitrogens with one attached hydrogen (secondary N) is 1. The van der Waals surface area contributed by atoms with Gasteiger partial charge in [-0.3, -0.25) is 4.79 Å². The van der Waals surface area contributed by atoms with Crippen molar-refractivity contribution in [2.45, 2.75) is 25.5 Å². The third kappa shape index (κ3) is 5.14. The van der Waals surface area contributed by atoms with Crippen molar-refractivity contribution >= 4 is 33.6 Å². The first-order valence-corrected chi connectivity index (χ1v) is 8.82. The summed E-state index contributed by atoms with van der Waals surface area (Å²) in [4.78, 5) is 11.7. The Morgan fingerprint density at radius 3 is 2.86 bits per heavy atom. The number of rotatable bonds is 7. The first kappa shape index (κ1) is 17.0. The van der Waals surface area contributed by atoms with Gasteiger partial charge in [-0.15, -0.1) is 10.2 Å². The van der Waals surface area contributed by atoms with Crippen LogP contribution in [0.2, 0.25) is 0 Å². The van der Waals surface area contributed by atoms with Gasteiger partial charge in [-0.05, 0) is 40.4 Å². The molecule has 0 saturated heterocycles. The molecule has 0 spiro atoms. The molecule has 22 heavy (non-hydrogen) atoms. The number of carbonyl (C=O) groups is 1. The number of halogens is 1. The van der Waals surface area contributed by atoms with Gasteiger partial charge in [-0.2, -0.15) is 0 Å². The molecule has 5 nitrogen and oxygen atoms in total. The van der Waals surface area contributed by atoms with Crippen molar-refractivity contribution in [3.05, 3.63) is 28.7 Å². The van der Waals surface area contributed by atoms with Crippen molar-refractivity contribution in [2.24, 2.45) is 5.92 Å². The van der Waals surface area contributed by atoms with Crippen molar-refractivity contribution < 1.29 is 9.21 Å². The Hall–Kier alpha value is -1.34. The van der Waals surface area contributed by atoms with Gasteiger partial charge in [0.1, 0.15) is 0 Å². The van der Waals surface area contributed by atoms with Gasteiger partial charge in [-0.25, -0.2) is 0 Å². The summed E-state index contributed by atoms with van der Waals surface area (Å²) in [6, 6.07) is 7.62. The van der Waals surface area contributed by atoms with Crippen molar-refractivity contribution in [2.75, 3.05) is 12.3 Å². The van der Waals surface area contributed by atoms with Crippen LogP contribution in [0.15, 0.2) is 38.4 Å². The fourth-order valence-electron chi connectivity index (χ4n) is 1.69. The van der Waals surface area contributed by atoms with Crippen LogP contribution in [-0.2, 0) is 4.79 Å². The highest BCUT2D eigenvalue weighted by molar-refractivity contribution is 9.10. The van der Waals surface area contributed by atoms with Gasteiger partial charge < -0.3 is 9.73 Å².